The van der Waals surface area contributed by atoms with Crippen LogP contribution in [0, 0.1) is 0 Å². The average Bonchev–Trinajstić information content (AvgIpc) is 2.88. The van der Waals surface area contributed by atoms with Gasteiger partial charge in [0.2, 0.25) is 6.29 Å². The highest BCUT2D eigenvalue weighted by atomic mass is 16.5. The monoisotopic (exact) mass is 245 g/mol. The molecule has 5 nitrogen and oxygen atoms in total. The summed E-state index contributed by atoms with van der Waals surface area (Å²) < 4.78 is 9.79. The van der Waals surface area contributed by atoms with Gasteiger partial charge in [-0.2, -0.15) is 0 Å². The van der Waals surface area contributed by atoms with E-state index in [0.29, 0.717) is 24.2 Å². The fourth-order valence-corrected chi connectivity index (χ4v) is 1.47. The van der Waals surface area contributed by atoms with Crippen LogP contribution in [0.5, 0.6) is 0 Å². The molecule has 0 aliphatic carbocycles. The van der Waals surface area contributed by atoms with E-state index in [-0.39, 0.29) is 11.9 Å². The summed E-state index contributed by atoms with van der Waals surface area (Å²) in [4.78, 5) is 25.8. The number of benzene rings is 1. The zero-order chi connectivity index (χ0) is 13.0. The van der Waals surface area contributed by atoms with Crippen LogP contribution in [-0.2, 0) is 4.74 Å². The van der Waals surface area contributed by atoms with Crippen molar-refractivity contribution in [2.45, 2.75) is 6.92 Å². The molecule has 5 heteroatoms. The van der Waals surface area contributed by atoms with Gasteiger partial charge in [0.25, 0.3) is 5.89 Å². The number of nitrogens with zero attached hydrogens (tertiary/aromatic N) is 1. The van der Waals surface area contributed by atoms with Crippen LogP contribution in [0.25, 0.3) is 11.3 Å². The number of aldehydes is 1. The van der Waals surface area contributed by atoms with Crippen molar-refractivity contribution in [1.29, 1.82) is 0 Å². The van der Waals surface area contributed by atoms with Gasteiger partial charge in [-0.1, -0.05) is 12.1 Å². The highest BCUT2D eigenvalue weighted by Crippen LogP contribution is 2.19. The Kier molecular flexibility index (Phi) is 3.52. The molecule has 0 aliphatic rings. The predicted octanol–water partition coefficient (Wildman–Crippen LogP) is 2.33. The molecule has 0 saturated carbocycles. The number of hydrogen-bond donors (Lipinski definition) is 0. The van der Waals surface area contributed by atoms with Gasteiger partial charge in [-0.15, -0.1) is 0 Å². The van der Waals surface area contributed by atoms with E-state index in [4.69, 9.17) is 9.15 Å². The Hall–Kier alpha value is -2.43. The third kappa shape index (κ3) is 2.45. The molecule has 1 aromatic carbocycles. The Morgan fingerprint density at radius 2 is 2.11 bits per heavy atom. The first-order chi connectivity index (χ1) is 8.74. The molecule has 1 aromatic heterocycles. The first-order valence-corrected chi connectivity index (χ1v) is 5.43. The second-order valence-electron chi connectivity index (χ2n) is 3.49. The molecule has 0 radical (unpaired) electrons. The van der Waals surface area contributed by atoms with E-state index in [2.05, 4.69) is 4.98 Å². The summed E-state index contributed by atoms with van der Waals surface area (Å²) in [5.41, 5.74) is 1.78. The summed E-state index contributed by atoms with van der Waals surface area (Å²) in [6.45, 7) is 2.09. The number of aromatic nitrogens is 1. The number of carbonyl (C=O) groups excluding carboxylic acids is 2. The number of carbonyl (C=O) groups is 2. The number of oxazole rings is 1. The third-order valence-corrected chi connectivity index (χ3v) is 2.31. The lowest BCUT2D eigenvalue weighted by Gasteiger charge is -2.02. The molecule has 2 rings (SSSR count). The van der Waals surface area contributed by atoms with Crippen LogP contribution in [0.2, 0.25) is 0 Å². The molecule has 2 aromatic rings. The SMILES string of the molecule is CCOC(=O)c1ccc(-c2coc(C=O)n2)cc1. The summed E-state index contributed by atoms with van der Waals surface area (Å²) in [5, 5.41) is 0. The zero-order valence-electron chi connectivity index (χ0n) is 9.75. The zero-order valence-corrected chi connectivity index (χ0v) is 9.75. The summed E-state index contributed by atoms with van der Waals surface area (Å²) >= 11 is 0. The topological polar surface area (TPSA) is 69.4 Å². The lowest BCUT2D eigenvalue weighted by Crippen LogP contribution is -2.03. The maximum absolute atomic E-state index is 11.4. The van der Waals surface area contributed by atoms with Crippen molar-refractivity contribution >= 4 is 12.3 Å². The van der Waals surface area contributed by atoms with E-state index in [9.17, 15) is 9.59 Å². The molecule has 0 amide bonds. The number of ether oxygens (including phenoxy) is 1. The van der Waals surface area contributed by atoms with Gasteiger partial charge in [0.05, 0.1) is 12.2 Å². The molecule has 0 atom stereocenters. The lowest BCUT2D eigenvalue weighted by atomic mass is 10.1. The highest BCUT2D eigenvalue weighted by molar-refractivity contribution is 5.90. The molecule has 0 unspecified atom stereocenters. The van der Waals surface area contributed by atoms with Crippen molar-refractivity contribution in [2.75, 3.05) is 6.61 Å². The Balaban J connectivity index is 2.21. The van der Waals surface area contributed by atoms with Crippen molar-refractivity contribution in [3.63, 3.8) is 0 Å². The van der Waals surface area contributed by atoms with E-state index in [1.54, 1.807) is 31.2 Å². The van der Waals surface area contributed by atoms with Crippen LogP contribution in [-0.4, -0.2) is 23.8 Å². The van der Waals surface area contributed by atoms with E-state index in [1.807, 2.05) is 0 Å². The fourth-order valence-electron chi connectivity index (χ4n) is 1.47. The van der Waals surface area contributed by atoms with Crippen LogP contribution in [0.1, 0.15) is 28.0 Å². The maximum atomic E-state index is 11.4. The van der Waals surface area contributed by atoms with Gasteiger partial charge >= 0.3 is 5.97 Å². The maximum Gasteiger partial charge on any atom is 0.338 e. The van der Waals surface area contributed by atoms with Crippen molar-refractivity contribution in [3.8, 4) is 11.3 Å². The summed E-state index contributed by atoms with van der Waals surface area (Å²) in [5.74, 6) is -0.336. The van der Waals surface area contributed by atoms with E-state index < -0.39 is 0 Å². The van der Waals surface area contributed by atoms with E-state index >= 15 is 0 Å². The molecule has 0 spiro atoms. The first-order valence-electron chi connectivity index (χ1n) is 5.43. The van der Waals surface area contributed by atoms with E-state index in [0.717, 1.165) is 5.56 Å². The van der Waals surface area contributed by atoms with Crippen LogP contribution < -0.4 is 0 Å². The summed E-state index contributed by atoms with van der Waals surface area (Å²) in [7, 11) is 0. The van der Waals surface area contributed by atoms with Gasteiger partial charge in [-0.25, -0.2) is 9.78 Å². The van der Waals surface area contributed by atoms with Crippen molar-refractivity contribution in [1.82, 2.24) is 4.98 Å². The number of rotatable bonds is 4. The minimum absolute atomic E-state index is 0.0273. The molecule has 0 bridgehead atoms. The third-order valence-electron chi connectivity index (χ3n) is 2.31. The van der Waals surface area contributed by atoms with Gasteiger partial charge in [0.15, 0.2) is 0 Å². The standard InChI is InChI=1S/C13H11NO4/c1-2-17-13(16)10-5-3-9(4-6-10)11-8-18-12(7-15)14-11/h3-8H,2H2,1H3. The second-order valence-corrected chi connectivity index (χ2v) is 3.49. The predicted molar refractivity (Wildman–Crippen MR) is 63.3 cm³/mol. The lowest BCUT2D eigenvalue weighted by molar-refractivity contribution is 0.0526. The Bertz CT molecular complexity index is 557. The molecule has 0 aliphatic heterocycles. The normalized spacial score (nSPS) is 10.1. The van der Waals surface area contributed by atoms with Gasteiger partial charge in [-0.3, -0.25) is 4.79 Å². The first kappa shape index (κ1) is 12.0. The van der Waals surface area contributed by atoms with E-state index in [1.165, 1.54) is 6.26 Å². The number of esters is 1. The molecule has 18 heavy (non-hydrogen) atoms. The molecular formula is C13H11NO4. The second kappa shape index (κ2) is 5.27. The van der Waals surface area contributed by atoms with Crippen LogP contribution in [0.15, 0.2) is 34.9 Å². The summed E-state index contributed by atoms with van der Waals surface area (Å²) in [6.07, 6.45) is 1.93. The molecule has 0 saturated heterocycles. The highest BCUT2D eigenvalue weighted by Gasteiger charge is 2.08. The average molecular weight is 245 g/mol. The van der Waals surface area contributed by atoms with Crippen LogP contribution >= 0.6 is 0 Å². The quantitative estimate of drug-likeness (QED) is 0.610. The van der Waals surface area contributed by atoms with Crippen LogP contribution in [0.3, 0.4) is 0 Å². The van der Waals surface area contributed by atoms with Gasteiger partial charge in [0, 0.05) is 5.56 Å². The van der Waals surface area contributed by atoms with Gasteiger partial charge in [0.1, 0.15) is 12.0 Å². The van der Waals surface area contributed by atoms with Crippen molar-refractivity contribution in [2.24, 2.45) is 0 Å². The van der Waals surface area contributed by atoms with Gasteiger partial charge in [-0.05, 0) is 19.1 Å². The molecule has 0 fully saturated rings. The molecule has 92 valence electrons. The minimum atomic E-state index is -0.363. The number of hydrogen-bond acceptors (Lipinski definition) is 5. The van der Waals surface area contributed by atoms with Crippen molar-refractivity contribution < 1.29 is 18.7 Å². The Morgan fingerprint density at radius 1 is 1.39 bits per heavy atom. The van der Waals surface area contributed by atoms with Crippen LogP contribution in [0.4, 0.5) is 0 Å². The summed E-state index contributed by atoms with van der Waals surface area (Å²) in [6, 6.07) is 6.72. The molecule has 1 heterocycles. The van der Waals surface area contributed by atoms with Gasteiger partial charge < -0.3 is 9.15 Å². The minimum Gasteiger partial charge on any atom is -0.462 e. The smallest absolute Gasteiger partial charge is 0.338 e. The van der Waals surface area contributed by atoms with Crippen molar-refractivity contribution in [3.05, 3.63) is 42.0 Å². The Labute approximate surface area is 103 Å². The molecule has 0 N–H and O–H groups in total. The fraction of sp³-hybridized carbons (Fsp3) is 0.154. The largest absolute Gasteiger partial charge is 0.462 e. The Morgan fingerprint density at radius 3 is 2.67 bits per heavy atom. The molecular weight excluding hydrogens is 234 g/mol.